The van der Waals surface area contributed by atoms with E-state index in [4.69, 9.17) is 0 Å². The summed E-state index contributed by atoms with van der Waals surface area (Å²) in [4.78, 5) is 13.7. The Morgan fingerprint density at radius 2 is 1.74 bits per heavy atom. The highest BCUT2D eigenvalue weighted by molar-refractivity contribution is 5.97. The summed E-state index contributed by atoms with van der Waals surface area (Å²) in [5, 5.41) is 9.94. The van der Waals surface area contributed by atoms with E-state index >= 15 is 0 Å². The summed E-state index contributed by atoms with van der Waals surface area (Å²) in [6.45, 7) is 1.83. The fourth-order valence-corrected chi connectivity index (χ4v) is 2.18. The lowest BCUT2D eigenvalue weighted by Crippen LogP contribution is -2.26. The topological polar surface area (TPSA) is 40.5 Å². The first-order chi connectivity index (χ1) is 10.7. The number of halogens is 3. The Labute approximate surface area is 132 Å². The van der Waals surface area contributed by atoms with Gasteiger partial charge in [-0.15, -0.1) is 0 Å². The summed E-state index contributed by atoms with van der Waals surface area (Å²) >= 11 is 0. The van der Waals surface area contributed by atoms with Crippen molar-refractivity contribution in [1.29, 1.82) is 0 Å². The SMILES string of the molecule is Cc1cccc(C(=O)N(C)Cc2ccc(C(F)(F)F)cc2)c1O. The molecule has 0 saturated heterocycles. The maximum atomic E-state index is 12.5. The Balaban J connectivity index is 2.14. The molecule has 0 aliphatic heterocycles. The number of amides is 1. The molecule has 2 aromatic rings. The van der Waals surface area contributed by atoms with Gasteiger partial charge >= 0.3 is 6.18 Å². The molecule has 3 nitrogen and oxygen atoms in total. The minimum Gasteiger partial charge on any atom is -0.507 e. The van der Waals surface area contributed by atoms with Gasteiger partial charge in [0, 0.05) is 13.6 Å². The normalized spacial score (nSPS) is 11.3. The average molecular weight is 323 g/mol. The number of phenolic OH excluding ortho intramolecular Hbond substituents is 1. The van der Waals surface area contributed by atoms with Gasteiger partial charge < -0.3 is 10.0 Å². The molecule has 0 radical (unpaired) electrons. The molecule has 0 heterocycles. The van der Waals surface area contributed by atoms with Crippen LogP contribution in [0, 0.1) is 6.92 Å². The second kappa shape index (κ2) is 6.32. The third-order valence-corrected chi connectivity index (χ3v) is 3.52. The van der Waals surface area contributed by atoms with Gasteiger partial charge in [-0.1, -0.05) is 24.3 Å². The van der Waals surface area contributed by atoms with Gasteiger partial charge in [0.25, 0.3) is 5.91 Å². The first-order valence-corrected chi connectivity index (χ1v) is 6.90. The first kappa shape index (κ1) is 16.9. The van der Waals surface area contributed by atoms with Crippen LogP contribution in [0.15, 0.2) is 42.5 Å². The van der Waals surface area contributed by atoms with Gasteiger partial charge in [-0.3, -0.25) is 4.79 Å². The molecule has 2 rings (SSSR count). The largest absolute Gasteiger partial charge is 0.507 e. The van der Waals surface area contributed by atoms with Crippen LogP contribution >= 0.6 is 0 Å². The third-order valence-electron chi connectivity index (χ3n) is 3.52. The molecule has 0 fully saturated rings. The molecule has 23 heavy (non-hydrogen) atoms. The van der Waals surface area contributed by atoms with Crippen LogP contribution in [0.2, 0.25) is 0 Å². The minimum atomic E-state index is -4.38. The number of carbonyl (C=O) groups is 1. The van der Waals surface area contributed by atoms with Gasteiger partial charge in [0.05, 0.1) is 11.1 Å². The molecule has 2 aromatic carbocycles. The molecular formula is C17H16F3NO2. The lowest BCUT2D eigenvalue weighted by atomic mass is 10.1. The zero-order valence-corrected chi connectivity index (χ0v) is 12.7. The molecule has 122 valence electrons. The highest BCUT2D eigenvalue weighted by Gasteiger charge is 2.30. The number of alkyl halides is 3. The molecule has 0 aromatic heterocycles. The van der Waals surface area contributed by atoms with Gasteiger partial charge in [-0.25, -0.2) is 0 Å². The van der Waals surface area contributed by atoms with Crippen LogP contribution in [0.5, 0.6) is 5.75 Å². The molecule has 6 heteroatoms. The Morgan fingerprint density at radius 1 is 1.13 bits per heavy atom. The number of nitrogens with zero attached hydrogens (tertiary/aromatic N) is 1. The number of hydrogen-bond donors (Lipinski definition) is 1. The maximum Gasteiger partial charge on any atom is 0.416 e. The summed E-state index contributed by atoms with van der Waals surface area (Å²) in [5.74, 6) is -0.483. The number of aromatic hydroxyl groups is 1. The van der Waals surface area contributed by atoms with Gasteiger partial charge in [-0.05, 0) is 36.2 Å². The Bertz CT molecular complexity index is 709. The Kier molecular flexibility index (Phi) is 4.63. The van der Waals surface area contributed by atoms with Gasteiger partial charge in [0.2, 0.25) is 0 Å². The van der Waals surface area contributed by atoms with E-state index < -0.39 is 17.6 Å². The molecule has 0 atom stereocenters. The molecule has 0 saturated carbocycles. The van der Waals surface area contributed by atoms with E-state index in [-0.39, 0.29) is 17.9 Å². The van der Waals surface area contributed by atoms with Crippen LogP contribution < -0.4 is 0 Å². The standard InChI is InChI=1S/C17H16F3NO2/c1-11-4-3-5-14(15(11)22)16(23)21(2)10-12-6-8-13(9-7-12)17(18,19)20/h3-9,22H,10H2,1-2H3. The zero-order valence-electron chi connectivity index (χ0n) is 12.7. The van der Waals surface area contributed by atoms with Crippen molar-refractivity contribution in [3.63, 3.8) is 0 Å². The number of rotatable bonds is 3. The lowest BCUT2D eigenvalue weighted by Gasteiger charge is -2.19. The summed E-state index contributed by atoms with van der Waals surface area (Å²) < 4.78 is 37.6. The first-order valence-electron chi connectivity index (χ1n) is 6.90. The molecule has 0 aliphatic rings. The van der Waals surface area contributed by atoms with Gasteiger partial charge in [0.1, 0.15) is 5.75 Å². The summed E-state index contributed by atoms with van der Waals surface area (Å²) in [7, 11) is 1.53. The summed E-state index contributed by atoms with van der Waals surface area (Å²) in [5.41, 5.74) is 0.589. The van der Waals surface area contributed by atoms with E-state index in [0.717, 1.165) is 12.1 Å². The second-order valence-corrected chi connectivity index (χ2v) is 5.33. The molecule has 1 amide bonds. The van der Waals surface area contributed by atoms with Crippen molar-refractivity contribution >= 4 is 5.91 Å². The number of para-hydroxylation sites is 1. The maximum absolute atomic E-state index is 12.5. The van der Waals surface area contributed by atoms with E-state index in [1.165, 1.54) is 30.1 Å². The van der Waals surface area contributed by atoms with Crippen molar-refractivity contribution in [2.75, 3.05) is 7.05 Å². The second-order valence-electron chi connectivity index (χ2n) is 5.33. The Hall–Kier alpha value is -2.50. The van der Waals surface area contributed by atoms with Crippen molar-refractivity contribution in [2.45, 2.75) is 19.6 Å². The zero-order chi connectivity index (χ0) is 17.2. The van der Waals surface area contributed by atoms with Crippen LogP contribution in [0.4, 0.5) is 13.2 Å². The number of benzene rings is 2. The summed E-state index contributed by atoms with van der Waals surface area (Å²) in [6.07, 6.45) is -4.38. The van der Waals surface area contributed by atoms with E-state index in [9.17, 15) is 23.1 Å². The molecular weight excluding hydrogens is 307 g/mol. The fourth-order valence-electron chi connectivity index (χ4n) is 2.18. The minimum absolute atomic E-state index is 0.0863. The monoisotopic (exact) mass is 323 g/mol. The van der Waals surface area contributed by atoms with Crippen LogP contribution in [0.3, 0.4) is 0 Å². The van der Waals surface area contributed by atoms with E-state index in [0.29, 0.717) is 11.1 Å². The number of carbonyl (C=O) groups excluding carboxylic acids is 1. The molecule has 0 unspecified atom stereocenters. The highest BCUT2D eigenvalue weighted by Crippen LogP contribution is 2.29. The van der Waals surface area contributed by atoms with Crippen molar-refractivity contribution < 1.29 is 23.1 Å². The highest BCUT2D eigenvalue weighted by atomic mass is 19.4. The summed E-state index contributed by atoms with van der Waals surface area (Å²) in [6, 6.07) is 9.49. The lowest BCUT2D eigenvalue weighted by molar-refractivity contribution is -0.137. The van der Waals surface area contributed by atoms with Gasteiger partial charge in [-0.2, -0.15) is 13.2 Å². The van der Waals surface area contributed by atoms with Crippen LogP contribution in [-0.4, -0.2) is 23.0 Å². The Morgan fingerprint density at radius 3 is 2.30 bits per heavy atom. The number of hydrogen-bond acceptors (Lipinski definition) is 2. The van der Waals surface area contributed by atoms with E-state index in [1.54, 1.807) is 19.1 Å². The van der Waals surface area contributed by atoms with Crippen LogP contribution in [-0.2, 0) is 12.7 Å². The van der Waals surface area contributed by atoms with E-state index in [2.05, 4.69) is 0 Å². The number of aryl methyl sites for hydroxylation is 1. The van der Waals surface area contributed by atoms with Crippen LogP contribution in [0.1, 0.15) is 27.0 Å². The van der Waals surface area contributed by atoms with Crippen molar-refractivity contribution in [3.8, 4) is 5.75 Å². The van der Waals surface area contributed by atoms with Crippen molar-refractivity contribution in [1.82, 2.24) is 4.90 Å². The molecule has 0 spiro atoms. The smallest absolute Gasteiger partial charge is 0.416 e. The number of phenols is 1. The predicted octanol–water partition coefficient (Wildman–Crippen LogP) is 3.99. The molecule has 0 bridgehead atoms. The van der Waals surface area contributed by atoms with Crippen molar-refractivity contribution in [2.24, 2.45) is 0 Å². The third kappa shape index (κ3) is 3.83. The fraction of sp³-hybridized carbons (Fsp3) is 0.235. The quantitative estimate of drug-likeness (QED) is 0.928. The molecule has 0 aliphatic carbocycles. The predicted molar refractivity (Wildman–Crippen MR) is 80.1 cm³/mol. The van der Waals surface area contributed by atoms with Crippen molar-refractivity contribution in [3.05, 3.63) is 64.7 Å². The molecule has 1 N–H and O–H groups in total. The van der Waals surface area contributed by atoms with Crippen LogP contribution in [0.25, 0.3) is 0 Å². The average Bonchev–Trinajstić information content (AvgIpc) is 2.49. The van der Waals surface area contributed by atoms with Gasteiger partial charge in [0.15, 0.2) is 0 Å². The van der Waals surface area contributed by atoms with E-state index in [1.807, 2.05) is 0 Å².